The van der Waals surface area contributed by atoms with Crippen molar-refractivity contribution in [1.29, 1.82) is 0 Å². The largest absolute Gasteiger partial charge is 0.396 e. The molecule has 0 bridgehead atoms. The van der Waals surface area contributed by atoms with Gasteiger partial charge in [0, 0.05) is 28.1 Å². The number of aliphatic hydroxyl groups excluding tert-OH is 1. The van der Waals surface area contributed by atoms with E-state index in [4.69, 9.17) is 5.11 Å². The van der Waals surface area contributed by atoms with Crippen molar-refractivity contribution in [3.05, 3.63) is 29.1 Å². The van der Waals surface area contributed by atoms with Crippen LogP contribution in [-0.4, -0.2) is 26.7 Å². The van der Waals surface area contributed by atoms with Crippen LogP contribution in [0.4, 0.5) is 0 Å². The minimum Gasteiger partial charge on any atom is -0.396 e. The van der Waals surface area contributed by atoms with Crippen LogP contribution in [0.5, 0.6) is 0 Å². The van der Waals surface area contributed by atoms with Gasteiger partial charge in [-0.25, -0.2) is 13.1 Å². The summed E-state index contributed by atoms with van der Waals surface area (Å²) in [4.78, 5) is 1.17. The van der Waals surface area contributed by atoms with Gasteiger partial charge in [0.15, 0.2) is 0 Å². The third-order valence-electron chi connectivity index (χ3n) is 3.51. The molecule has 0 saturated carbocycles. The van der Waals surface area contributed by atoms with Gasteiger partial charge in [-0.05, 0) is 24.8 Å². The highest BCUT2D eigenvalue weighted by atomic mass is 32.2. The second kappa shape index (κ2) is 6.04. The highest BCUT2D eigenvalue weighted by Crippen LogP contribution is 2.34. The lowest BCUT2D eigenvalue weighted by Crippen LogP contribution is -2.34. The normalized spacial score (nSPS) is 13.0. The molecular weight excluding hydrogens is 306 g/mol. The first kappa shape index (κ1) is 16.4. The molecule has 2 rings (SSSR count). The van der Waals surface area contributed by atoms with E-state index in [9.17, 15) is 8.42 Å². The molecule has 0 spiro atoms. The average molecular weight is 327 g/mol. The van der Waals surface area contributed by atoms with Gasteiger partial charge in [0.05, 0.1) is 0 Å². The Morgan fingerprint density at radius 1 is 1.29 bits per heavy atom. The number of sulfonamides is 1. The Bertz CT molecular complexity index is 732. The second-order valence-electron chi connectivity index (χ2n) is 5.95. The average Bonchev–Trinajstić information content (AvgIpc) is 2.73. The topological polar surface area (TPSA) is 66.4 Å². The summed E-state index contributed by atoms with van der Waals surface area (Å²) >= 11 is 1.49. The third kappa shape index (κ3) is 3.63. The van der Waals surface area contributed by atoms with Crippen LogP contribution >= 0.6 is 11.3 Å². The molecular formula is C15H21NO3S2. The molecule has 0 saturated heterocycles. The van der Waals surface area contributed by atoms with Crippen molar-refractivity contribution in [2.45, 2.75) is 32.1 Å². The number of hydrogen-bond acceptors (Lipinski definition) is 4. The van der Waals surface area contributed by atoms with Crippen LogP contribution in [0.3, 0.4) is 0 Å². The van der Waals surface area contributed by atoms with E-state index in [1.54, 1.807) is 0 Å². The molecule has 0 aliphatic rings. The first-order chi connectivity index (χ1) is 9.77. The molecule has 2 N–H and O–H groups in total. The summed E-state index contributed by atoms with van der Waals surface area (Å²) in [5.41, 5.74) is -0.276. The van der Waals surface area contributed by atoms with Crippen LogP contribution in [-0.2, 0) is 10.0 Å². The van der Waals surface area contributed by atoms with E-state index in [1.165, 1.54) is 11.3 Å². The van der Waals surface area contributed by atoms with Gasteiger partial charge >= 0.3 is 0 Å². The Balaban J connectivity index is 2.32. The highest BCUT2D eigenvalue weighted by Gasteiger charge is 2.25. The van der Waals surface area contributed by atoms with Gasteiger partial charge in [0.25, 0.3) is 0 Å². The van der Waals surface area contributed by atoms with Gasteiger partial charge < -0.3 is 5.11 Å². The van der Waals surface area contributed by atoms with Crippen LogP contribution in [0, 0.1) is 12.3 Å². The Hall–Kier alpha value is -0.950. The number of fused-ring (bicyclic) bond motifs is 1. The Morgan fingerprint density at radius 3 is 2.62 bits per heavy atom. The van der Waals surface area contributed by atoms with Crippen molar-refractivity contribution >= 4 is 31.4 Å². The zero-order valence-corrected chi connectivity index (χ0v) is 14.1. The number of thiophene rings is 1. The maximum Gasteiger partial charge on any atom is 0.242 e. The minimum atomic E-state index is -3.55. The van der Waals surface area contributed by atoms with Crippen LogP contribution in [0.2, 0.25) is 0 Å². The predicted octanol–water partition coefficient (Wildman–Crippen LogP) is 2.90. The fourth-order valence-corrected chi connectivity index (χ4v) is 5.28. The van der Waals surface area contributed by atoms with E-state index in [0.29, 0.717) is 17.9 Å². The summed E-state index contributed by atoms with van der Waals surface area (Å²) in [6.45, 7) is 6.06. The molecule has 0 aliphatic carbocycles. The molecule has 0 radical (unpaired) electrons. The van der Waals surface area contributed by atoms with E-state index in [0.717, 1.165) is 15.0 Å². The zero-order valence-electron chi connectivity index (χ0n) is 12.5. The molecule has 6 heteroatoms. The van der Waals surface area contributed by atoms with E-state index in [2.05, 4.69) is 4.72 Å². The van der Waals surface area contributed by atoms with Crippen LogP contribution in [0.1, 0.15) is 25.1 Å². The standard InChI is InChI=1S/C15H21NO3S2/c1-11-14(12-6-4-5-7-13(12)20-11)21(18,19)16-10-15(2,3)8-9-17/h4-7,16-17H,8-10H2,1-3H3. The van der Waals surface area contributed by atoms with Gasteiger partial charge in [0.1, 0.15) is 4.90 Å². The van der Waals surface area contributed by atoms with Crippen molar-refractivity contribution in [2.24, 2.45) is 5.41 Å². The Kier molecular flexibility index (Phi) is 4.72. The molecule has 0 fully saturated rings. The van der Waals surface area contributed by atoms with Crippen LogP contribution < -0.4 is 4.72 Å². The molecule has 1 aromatic heterocycles. The number of rotatable bonds is 6. The molecule has 0 amide bonds. The molecule has 0 atom stereocenters. The van der Waals surface area contributed by atoms with E-state index < -0.39 is 10.0 Å². The number of aryl methyl sites for hydroxylation is 1. The predicted molar refractivity (Wildman–Crippen MR) is 87.2 cm³/mol. The maximum atomic E-state index is 12.6. The van der Waals surface area contributed by atoms with Crippen molar-refractivity contribution < 1.29 is 13.5 Å². The summed E-state index contributed by atoms with van der Waals surface area (Å²) < 4.78 is 28.9. The second-order valence-corrected chi connectivity index (χ2v) is 8.91. The molecule has 21 heavy (non-hydrogen) atoms. The lowest BCUT2D eigenvalue weighted by Gasteiger charge is -2.23. The van der Waals surface area contributed by atoms with E-state index >= 15 is 0 Å². The van der Waals surface area contributed by atoms with Crippen molar-refractivity contribution in [3.8, 4) is 0 Å². The molecule has 4 nitrogen and oxygen atoms in total. The molecule has 0 unspecified atom stereocenters. The Morgan fingerprint density at radius 2 is 1.95 bits per heavy atom. The minimum absolute atomic E-state index is 0.0507. The van der Waals surface area contributed by atoms with Gasteiger partial charge in [-0.15, -0.1) is 11.3 Å². The summed E-state index contributed by atoms with van der Waals surface area (Å²) in [6, 6.07) is 7.53. The molecule has 1 heterocycles. The van der Waals surface area contributed by atoms with Gasteiger partial charge in [-0.2, -0.15) is 0 Å². The quantitative estimate of drug-likeness (QED) is 0.857. The molecule has 2 aromatic rings. The van der Waals surface area contributed by atoms with Gasteiger partial charge in [-0.1, -0.05) is 32.0 Å². The van der Waals surface area contributed by atoms with E-state index in [1.807, 2.05) is 45.0 Å². The van der Waals surface area contributed by atoms with E-state index in [-0.39, 0.29) is 12.0 Å². The van der Waals surface area contributed by atoms with Crippen molar-refractivity contribution in [3.63, 3.8) is 0 Å². The summed E-state index contributed by atoms with van der Waals surface area (Å²) in [6.07, 6.45) is 0.554. The van der Waals surface area contributed by atoms with Crippen LogP contribution in [0.25, 0.3) is 10.1 Å². The number of hydrogen-bond donors (Lipinski definition) is 2. The number of nitrogens with one attached hydrogen (secondary N) is 1. The maximum absolute atomic E-state index is 12.6. The third-order valence-corrected chi connectivity index (χ3v) is 6.32. The first-order valence-corrected chi connectivity index (χ1v) is 9.15. The number of benzene rings is 1. The monoisotopic (exact) mass is 327 g/mol. The molecule has 116 valence electrons. The molecule has 0 aliphatic heterocycles. The summed E-state index contributed by atoms with van der Waals surface area (Å²) in [7, 11) is -3.55. The SMILES string of the molecule is Cc1sc2ccccc2c1S(=O)(=O)NCC(C)(C)CCO. The fraction of sp³-hybridized carbons (Fsp3) is 0.467. The lowest BCUT2D eigenvalue weighted by atomic mass is 9.90. The Labute approximate surface area is 129 Å². The first-order valence-electron chi connectivity index (χ1n) is 6.85. The smallest absolute Gasteiger partial charge is 0.242 e. The number of aliphatic hydroxyl groups is 1. The summed E-state index contributed by atoms with van der Waals surface area (Å²) in [5.74, 6) is 0. The van der Waals surface area contributed by atoms with Crippen molar-refractivity contribution in [2.75, 3.05) is 13.2 Å². The molecule has 1 aromatic carbocycles. The van der Waals surface area contributed by atoms with Gasteiger partial charge in [-0.3, -0.25) is 0 Å². The summed E-state index contributed by atoms with van der Waals surface area (Å²) in [5, 5.41) is 9.80. The highest BCUT2D eigenvalue weighted by molar-refractivity contribution is 7.90. The van der Waals surface area contributed by atoms with Crippen LogP contribution in [0.15, 0.2) is 29.2 Å². The van der Waals surface area contributed by atoms with Gasteiger partial charge in [0.2, 0.25) is 10.0 Å². The lowest BCUT2D eigenvalue weighted by molar-refractivity contribution is 0.213. The van der Waals surface area contributed by atoms with Crippen molar-refractivity contribution in [1.82, 2.24) is 4.72 Å². The zero-order chi connectivity index (χ0) is 15.7. The fourth-order valence-electron chi connectivity index (χ4n) is 2.23.